The Hall–Kier alpha value is -2.33. The Morgan fingerprint density at radius 2 is 1.88 bits per heavy atom. The van der Waals surface area contributed by atoms with E-state index in [-0.39, 0.29) is 17.5 Å². The van der Waals surface area contributed by atoms with Gasteiger partial charge < -0.3 is 25.0 Å². The lowest BCUT2D eigenvalue weighted by Gasteiger charge is -2.24. The van der Waals surface area contributed by atoms with Crippen LogP contribution in [-0.2, 0) is 9.84 Å². The van der Waals surface area contributed by atoms with Gasteiger partial charge >= 0.3 is 0 Å². The predicted molar refractivity (Wildman–Crippen MR) is 127 cm³/mol. The molecule has 2 aromatic rings. The number of methoxy groups -OCH3 is 1. The summed E-state index contributed by atoms with van der Waals surface area (Å²) in [6, 6.07) is 3.84. The molecule has 0 amide bonds. The van der Waals surface area contributed by atoms with Crippen molar-refractivity contribution in [2.24, 2.45) is 0 Å². The fourth-order valence-electron chi connectivity index (χ4n) is 4.33. The highest BCUT2D eigenvalue weighted by Gasteiger charge is 2.25. The summed E-state index contributed by atoms with van der Waals surface area (Å²) < 4.78 is 35.2. The third-order valence-corrected chi connectivity index (χ3v) is 7.89. The molecule has 4 rings (SSSR count). The molecule has 10 heteroatoms. The first kappa shape index (κ1) is 22.8. The molecule has 0 radical (unpaired) electrons. The first-order valence-electron chi connectivity index (χ1n) is 11.4. The minimum absolute atomic E-state index is 0.0499. The highest BCUT2D eigenvalue weighted by molar-refractivity contribution is 7.91. The van der Waals surface area contributed by atoms with Gasteiger partial charge in [0.15, 0.2) is 11.5 Å². The monoisotopic (exact) mass is 463 g/mol. The van der Waals surface area contributed by atoms with Crippen LogP contribution < -0.4 is 20.1 Å². The number of hydrogen-bond acceptors (Lipinski definition) is 9. The van der Waals surface area contributed by atoms with E-state index < -0.39 is 9.84 Å². The van der Waals surface area contributed by atoms with Crippen molar-refractivity contribution in [1.82, 2.24) is 14.9 Å². The molecular formula is C22H33N5O4S. The van der Waals surface area contributed by atoms with Gasteiger partial charge in [-0.2, -0.15) is 4.98 Å². The van der Waals surface area contributed by atoms with Gasteiger partial charge in [-0.25, -0.2) is 13.4 Å². The first-order chi connectivity index (χ1) is 15.5. The summed E-state index contributed by atoms with van der Waals surface area (Å²) in [6.07, 6.45) is 4.68. The number of rotatable bonds is 9. The zero-order valence-corrected chi connectivity index (χ0v) is 19.7. The number of nitrogens with zero attached hydrogens (tertiary/aromatic N) is 3. The third kappa shape index (κ3) is 5.53. The predicted octanol–water partition coefficient (Wildman–Crippen LogP) is 2.53. The van der Waals surface area contributed by atoms with Crippen LogP contribution in [0.3, 0.4) is 0 Å². The van der Waals surface area contributed by atoms with E-state index in [1.54, 1.807) is 14.2 Å². The lowest BCUT2D eigenvalue weighted by atomic mass is 10.1. The van der Waals surface area contributed by atoms with Crippen LogP contribution in [0.1, 0.15) is 32.1 Å². The van der Waals surface area contributed by atoms with Gasteiger partial charge in [0.2, 0.25) is 5.95 Å². The molecule has 2 saturated heterocycles. The average molecular weight is 464 g/mol. The molecule has 2 fully saturated rings. The van der Waals surface area contributed by atoms with Gasteiger partial charge in [0.25, 0.3) is 0 Å². The van der Waals surface area contributed by atoms with E-state index in [4.69, 9.17) is 9.47 Å². The number of nitrogens with one attached hydrogen (secondary N) is 2. The van der Waals surface area contributed by atoms with E-state index in [9.17, 15) is 8.42 Å². The van der Waals surface area contributed by atoms with Crippen LogP contribution in [-0.4, -0.2) is 81.2 Å². The standard InChI is InChI=1S/C22H33N5O4S/c1-23-22-25-18-15-20(31-11-5-10-27-8-3-4-9-27)19(30-2)14-17(18)21(26-22)24-16-6-12-32(28,29)13-7-16/h14-16H,3-13H2,1-2H3,(H2,23,24,25,26). The van der Waals surface area contributed by atoms with Crippen LogP contribution in [0.2, 0.25) is 0 Å². The van der Waals surface area contributed by atoms with Crippen LogP contribution >= 0.6 is 0 Å². The second kappa shape index (κ2) is 10.1. The van der Waals surface area contributed by atoms with Crippen LogP contribution in [0.4, 0.5) is 11.8 Å². The summed E-state index contributed by atoms with van der Waals surface area (Å²) in [7, 11) is 0.479. The molecule has 1 aromatic carbocycles. The second-order valence-electron chi connectivity index (χ2n) is 8.49. The molecule has 2 N–H and O–H groups in total. The Bertz CT molecular complexity index is 1030. The Morgan fingerprint density at radius 1 is 1.12 bits per heavy atom. The van der Waals surface area contributed by atoms with Gasteiger partial charge in [-0.1, -0.05) is 0 Å². The molecule has 0 aliphatic carbocycles. The highest BCUT2D eigenvalue weighted by atomic mass is 32.2. The molecule has 32 heavy (non-hydrogen) atoms. The molecule has 176 valence electrons. The number of likely N-dealkylation sites (tertiary alicyclic amines) is 1. The van der Waals surface area contributed by atoms with E-state index in [2.05, 4.69) is 25.5 Å². The fraction of sp³-hybridized carbons (Fsp3) is 0.636. The van der Waals surface area contributed by atoms with Crippen molar-refractivity contribution in [2.75, 3.05) is 62.5 Å². The van der Waals surface area contributed by atoms with Crippen LogP contribution in [0.5, 0.6) is 11.5 Å². The maximum absolute atomic E-state index is 11.8. The fourth-order valence-corrected chi connectivity index (χ4v) is 5.83. The van der Waals surface area contributed by atoms with Gasteiger partial charge in [-0.05, 0) is 51.3 Å². The summed E-state index contributed by atoms with van der Waals surface area (Å²) >= 11 is 0. The normalized spacial score (nSPS) is 19.2. The Labute approximate surface area is 189 Å². The number of benzene rings is 1. The number of aromatic nitrogens is 2. The van der Waals surface area contributed by atoms with Crippen LogP contribution in [0.15, 0.2) is 12.1 Å². The maximum Gasteiger partial charge on any atom is 0.224 e. The number of anilines is 2. The number of sulfone groups is 1. The molecule has 0 unspecified atom stereocenters. The lowest BCUT2D eigenvalue weighted by Crippen LogP contribution is -2.32. The van der Waals surface area contributed by atoms with Gasteiger partial charge in [-0.15, -0.1) is 0 Å². The summed E-state index contributed by atoms with van der Waals surface area (Å²) in [6.45, 7) is 4.04. The summed E-state index contributed by atoms with van der Waals surface area (Å²) in [5.74, 6) is 2.86. The first-order valence-corrected chi connectivity index (χ1v) is 13.2. The van der Waals surface area contributed by atoms with Crippen molar-refractivity contribution >= 4 is 32.5 Å². The van der Waals surface area contributed by atoms with Crippen molar-refractivity contribution in [3.63, 3.8) is 0 Å². The number of fused-ring (bicyclic) bond motifs is 1. The molecule has 1 aromatic heterocycles. The van der Waals surface area contributed by atoms with Gasteiger partial charge in [0, 0.05) is 31.1 Å². The zero-order chi connectivity index (χ0) is 22.6. The smallest absolute Gasteiger partial charge is 0.224 e. The number of ether oxygens (including phenoxy) is 2. The summed E-state index contributed by atoms with van der Waals surface area (Å²) in [5.41, 5.74) is 0.741. The van der Waals surface area contributed by atoms with E-state index in [1.807, 2.05) is 12.1 Å². The van der Waals surface area contributed by atoms with Crippen LogP contribution in [0, 0.1) is 0 Å². The topological polar surface area (TPSA) is 106 Å². The van der Waals surface area contributed by atoms with E-state index >= 15 is 0 Å². The van der Waals surface area contributed by atoms with Gasteiger partial charge in [0.05, 0.1) is 30.7 Å². The lowest BCUT2D eigenvalue weighted by molar-refractivity contribution is 0.254. The second-order valence-corrected chi connectivity index (χ2v) is 10.8. The molecule has 0 atom stereocenters. The van der Waals surface area contributed by atoms with Crippen molar-refractivity contribution in [1.29, 1.82) is 0 Å². The van der Waals surface area contributed by atoms with Gasteiger partial charge in [0.1, 0.15) is 15.7 Å². The Morgan fingerprint density at radius 3 is 2.56 bits per heavy atom. The SMILES string of the molecule is CNc1nc(NC2CCS(=O)(=O)CC2)c2cc(OC)c(OCCCN3CCCC3)cc2n1. The minimum atomic E-state index is -2.92. The molecule has 2 aliphatic heterocycles. The molecule has 0 bridgehead atoms. The maximum atomic E-state index is 11.8. The van der Waals surface area contributed by atoms with E-state index in [0.29, 0.717) is 42.7 Å². The van der Waals surface area contributed by atoms with Crippen molar-refractivity contribution < 1.29 is 17.9 Å². The molecular weight excluding hydrogens is 430 g/mol. The largest absolute Gasteiger partial charge is 0.493 e. The average Bonchev–Trinajstić information content (AvgIpc) is 3.31. The quantitative estimate of drug-likeness (QED) is 0.543. The molecule has 2 aliphatic rings. The van der Waals surface area contributed by atoms with Crippen molar-refractivity contribution in [3.8, 4) is 11.5 Å². The van der Waals surface area contributed by atoms with Crippen molar-refractivity contribution in [2.45, 2.75) is 38.1 Å². The zero-order valence-electron chi connectivity index (χ0n) is 18.9. The Kier molecular flexibility index (Phi) is 7.20. The van der Waals surface area contributed by atoms with E-state index in [0.717, 1.165) is 23.9 Å². The van der Waals surface area contributed by atoms with Crippen LogP contribution in [0.25, 0.3) is 10.9 Å². The molecule has 9 nitrogen and oxygen atoms in total. The summed E-state index contributed by atoms with van der Waals surface area (Å²) in [5, 5.41) is 7.26. The molecule has 0 spiro atoms. The van der Waals surface area contributed by atoms with Crippen molar-refractivity contribution in [3.05, 3.63) is 12.1 Å². The Balaban J connectivity index is 1.52. The molecule has 3 heterocycles. The van der Waals surface area contributed by atoms with E-state index in [1.165, 1.54) is 25.9 Å². The minimum Gasteiger partial charge on any atom is -0.493 e. The van der Waals surface area contributed by atoms with Gasteiger partial charge in [-0.3, -0.25) is 0 Å². The molecule has 0 saturated carbocycles. The third-order valence-electron chi connectivity index (χ3n) is 6.18. The number of hydrogen-bond donors (Lipinski definition) is 2. The summed E-state index contributed by atoms with van der Waals surface area (Å²) in [4.78, 5) is 11.7. The highest BCUT2D eigenvalue weighted by Crippen LogP contribution is 2.35.